The number of aliphatic hydroxyl groups is 1. The van der Waals surface area contributed by atoms with Gasteiger partial charge in [0, 0.05) is 19.0 Å². The molecule has 1 aromatic carbocycles. The van der Waals surface area contributed by atoms with E-state index >= 15 is 0 Å². The lowest BCUT2D eigenvalue weighted by Gasteiger charge is -2.19. The molecule has 1 atom stereocenters. The van der Waals surface area contributed by atoms with Gasteiger partial charge in [-0.05, 0) is 25.5 Å². The van der Waals surface area contributed by atoms with E-state index in [1.807, 2.05) is 34.2 Å². The molecule has 0 aliphatic carbocycles. The second-order valence-electron chi connectivity index (χ2n) is 5.84. The number of amides is 1. The van der Waals surface area contributed by atoms with Crippen LogP contribution in [0, 0.1) is 0 Å². The Hall–Kier alpha value is -2.25. The first-order chi connectivity index (χ1) is 11.6. The minimum atomic E-state index is -0.417. The molecule has 0 saturated heterocycles. The highest BCUT2D eigenvalue weighted by Crippen LogP contribution is 2.24. The van der Waals surface area contributed by atoms with Crippen molar-refractivity contribution in [2.75, 3.05) is 13.6 Å². The Labute approximate surface area is 144 Å². The van der Waals surface area contributed by atoms with E-state index < -0.39 is 6.10 Å². The standard InChI is InChI=1S/C17H20N4O2S/c1-12(22)7-8-20(2)16(23)9-21-15-6-4-3-5-13(15)19-17(21)14-10-24-11-18-14/h3-6,10-12,22H,7-9H2,1-2H3. The maximum Gasteiger partial charge on any atom is 0.242 e. The van der Waals surface area contributed by atoms with E-state index in [1.165, 1.54) is 11.3 Å². The van der Waals surface area contributed by atoms with Gasteiger partial charge in [0.25, 0.3) is 0 Å². The van der Waals surface area contributed by atoms with E-state index in [1.54, 1.807) is 24.4 Å². The molecule has 0 bridgehead atoms. The quantitative estimate of drug-likeness (QED) is 0.745. The van der Waals surface area contributed by atoms with Crippen LogP contribution in [0.15, 0.2) is 35.2 Å². The number of para-hydroxylation sites is 2. The minimum Gasteiger partial charge on any atom is -0.393 e. The molecule has 0 saturated carbocycles. The molecule has 2 heterocycles. The summed E-state index contributed by atoms with van der Waals surface area (Å²) in [6, 6.07) is 7.76. The number of fused-ring (bicyclic) bond motifs is 1. The Bertz CT molecular complexity index is 826. The number of imidazole rings is 1. The number of hydrogen-bond donors (Lipinski definition) is 1. The van der Waals surface area contributed by atoms with E-state index in [0.29, 0.717) is 18.8 Å². The Morgan fingerprint density at radius 2 is 2.21 bits per heavy atom. The summed E-state index contributed by atoms with van der Waals surface area (Å²) in [4.78, 5) is 23.2. The van der Waals surface area contributed by atoms with Crippen LogP contribution in [0.1, 0.15) is 13.3 Å². The predicted octanol–water partition coefficient (Wildman–Crippen LogP) is 2.39. The van der Waals surface area contributed by atoms with E-state index in [9.17, 15) is 9.90 Å². The Kier molecular flexibility index (Phi) is 4.92. The van der Waals surface area contributed by atoms with Crippen molar-refractivity contribution in [1.82, 2.24) is 19.4 Å². The van der Waals surface area contributed by atoms with Gasteiger partial charge in [-0.25, -0.2) is 9.97 Å². The molecule has 0 spiro atoms. The minimum absolute atomic E-state index is 0.0183. The van der Waals surface area contributed by atoms with Gasteiger partial charge in [-0.15, -0.1) is 11.3 Å². The fourth-order valence-corrected chi connectivity index (χ4v) is 3.05. The highest BCUT2D eigenvalue weighted by atomic mass is 32.1. The summed E-state index contributed by atoms with van der Waals surface area (Å²) < 4.78 is 1.91. The predicted molar refractivity (Wildman–Crippen MR) is 94.8 cm³/mol. The molecule has 24 heavy (non-hydrogen) atoms. The normalized spacial score (nSPS) is 12.5. The highest BCUT2D eigenvalue weighted by Gasteiger charge is 2.18. The van der Waals surface area contributed by atoms with Crippen molar-refractivity contribution in [3.05, 3.63) is 35.2 Å². The summed E-state index contributed by atoms with van der Waals surface area (Å²) in [5.41, 5.74) is 4.30. The molecular weight excluding hydrogens is 324 g/mol. The maximum atomic E-state index is 12.6. The first-order valence-corrected chi connectivity index (χ1v) is 8.76. The van der Waals surface area contributed by atoms with E-state index in [4.69, 9.17) is 0 Å². The molecule has 2 aromatic heterocycles. The number of hydrogen-bond acceptors (Lipinski definition) is 5. The van der Waals surface area contributed by atoms with Crippen molar-refractivity contribution in [1.29, 1.82) is 0 Å². The van der Waals surface area contributed by atoms with Gasteiger partial charge in [-0.2, -0.15) is 0 Å². The first-order valence-electron chi connectivity index (χ1n) is 7.82. The summed E-state index contributed by atoms with van der Waals surface area (Å²) in [6.07, 6.45) is 0.145. The van der Waals surface area contributed by atoms with E-state index in [2.05, 4.69) is 9.97 Å². The van der Waals surface area contributed by atoms with Crippen LogP contribution in [-0.4, -0.2) is 50.1 Å². The lowest BCUT2D eigenvalue weighted by atomic mass is 10.2. The third-order valence-electron chi connectivity index (χ3n) is 3.92. The third-order valence-corrected chi connectivity index (χ3v) is 4.50. The summed E-state index contributed by atoms with van der Waals surface area (Å²) in [5, 5.41) is 11.3. The van der Waals surface area contributed by atoms with Crippen LogP contribution in [0.4, 0.5) is 0 Å². The number of nitrogens with zero attached hydrogens (tertiary/aromatic N) is 4. The van der Waals surface area contributed by atoms with Crippen molar-refractivity contribution < 1.29 is 9.90 Å². The Balaban J connectivity index is 1.90. The molecule has 0 radical (unpaired) electrons. The van der Waals surface area contributed by atoms with Crippen LogP contribution < -0.4 is 0 Å². The van der Waals surface area contributed by atoms with Gasteiger partial charge in [0.15, 0.2) is 5.82 Å². The van der Waals surface area contributed by atoms with Crippen LogP contribution in [-0.2, 0) is 11.3 Å². The summed E-state index contributed by atoms with van der Waals surface area (Å²) in [7, 11) is 1.76. The van der Waals surface area contributed by atoms with Crippen molar-refractivity contribution in [3.8, 4) is 11.5 Å². The number of rotatable bonds is 6. The van der Waals surface area contributed by atoms with Crippen LogP contribution in [0.2, 0.25) is 0 Å². The molecule has 7 heteroatoms. The topological polar surface area (TPSA) is 71.2 Å². The van der Waals surface area contributed by atoms with E-state index in [-0.39, 0.29) is 12.5 Å². The van der Waals surface area contributed by atoms with Crippen molar-refractivity contribution >= 4 is 28.3 Å². The van der Waals surface area contributed by atoms with Gasteiger partial charge in [0.1, 0.15) is 12.2 Å². The Morgan fingerprint density at radius 3 is 2.92 bits per heavy atom. The largest absolute Gasteiger partial charge is 0.393 e. The van der Waals surface area contributed by atoms with Crippen molar-refractivity contribution in [2.45, 2.75) is 26.0 Å². The zero-order valence-corrected chi connectivity index (χ0v) is 14.5. The number of thiazole rings is 1. The van der Waals surface area contributed by atoms with Crippen LogP contribution in [0.3, 0.4) is 0 Å². The number of carbonyl (C=O) groups is 1. The second kappa shape index (κ2) is 7.11. The average molecular weight is 344 g/mol. The monoisotopic (exact) mass is 344 g/mol. The van der Waals surface area contributed by atoms with Gasteiger partial charge >= 0.3 is 0 Å². The smallest absolute Gasteiger partial charge is 0.242 e. The first kappa shape index (κ1) is 16.6. The molecule has 3 aromatic rings. The van der Waals surface area contributed by atoms with E-state index in [0.717, 1.165) is 16.7 Å². The summed E-state index contributed by atoms with van der Waals surface area (Å²) in [6.45, 7) is 2.45. The molecule has 1 unspecified atom stereocenters. The molecule has 0 aliphatic heterocycles. The Morgan fingerprint density at radius 1 is 1.42 bits per heavy atom. The SMILES string of the molecule is CC(O)CCN(C)C(=O)Cn1c(-c2cscn2)nc2ccccc21. The summed E-state index contributed by atoms with van der Waals surface area (Å²) in [5.74, 6) is 0.685. The second-order valence-corrected chi connectivity index (χ2v) is 6.56. The van der Waals surface area contributed by atoms with Crippen LogP contribution >= 0.6 is 11.3 Å². The van der Waals surface area contributed by atoms with Crippen LogP contribution in [0.5, 0.6) is 0 Å². The molecule has 3 rings (SSSR count). The van der Waals surface area contributed by atoms with Gasteiger partial charge in [0.05, 0.1) is 22.6 Å². The maximum absolute atomic E-state index is 12.6. The zero-order chi connectivity index (χ0) is 17.1. The summed E-state index contributed by atoms with van der Waals surface area (Å²) >= 11 is 1.50. The number of aromatic nitrogens is 3. The number of benzene rings is 1. The molecule has 126 valence electrons. The number of aliphatic hydroxyl groups excluding tert-OH is 1. The molecule has 6 nitrogen and oxygen atoms in total. The fraction of sp³-hybridized carbons (Fsp3) is 0.353. The molecule has 0 aliphatic rings. The van der Waals surface area contributed by atoms with Crippen molar-refractivity contribution in [2.24, 2.45) is 0 Å². The number of carbonyl (C=O) groups excluding carboxylic acids is 1. The molecular formula is C17H20N4O2S. The lowest BCUT2D eigenvalue weighted by molar-refractivity contribution is -0.130. The van der Waals surface area contributed by atoms with Crippen LogP contribution in [0.25, 0.3) is 22.6 Å². The number of likely N-dealkylation sites (N-methyl/N-ethyl adjacent to an activating group) is 1. The molecule has 0 fully saturated rings. The van der Waals surface area contributed by atoms with Crippen molar-refractivity contribution in [3.63, 3.8) is 0 Å². The average Bonchev–Trinajstić information content (AvgIpc) is 3.20. The highest BCUT2D eigenvalue weighted by molar-refractivity contribution is 7.07. The van der Waals surface area contributed by atoms with Gasteiger partial charge in [-0.1, -0.05) is 12.1 Å². The zero-order valence-electron chi connectivity index (χ0n) is 13.7. The molecule has 1 amide bonds. The van der Waals surface area contributed by atoms with Gasteiger partial charge < -0.3 is 14.6 Å². The van der Waals surface area contributed by atoms with Gasteiger partial charge in [0.2, 0.25) is 5.91 Å². The third kappa shape index (κ3) is 3.47. The van der Waals surface area contributed by atoms with Gasteiger partial charge in [-0.3, -0.25) is 4.79 Å². The fourth-order valence-electron chi connectivity index (χ4n) is 2.52. The lowest BCUT2D eigenvalue weighted by Crippen LogP contribution is -2.32. The molecule has 1 N–H and O–H groups in total.